The lowest BCUT2D eigenvalue weighted by Crippen LogP contribution is -2.47. The molecule has 0 aliphatic carbocycles. The van der Waals surface area contributed by atoms with E-state index in [4.69, 9.17) is 0 Å². The summed E-state index contributed by atoms with van der Waals surface area (Å²) in [5.41, 5.74) is -0.0477. The molecular weight excluding hydrogens is 321 g/mol. The number of piperidine rings is 1. The number of hydrogen-bond donors (Lipinski definition) is 1. The van der Waals surface area contributed by atoms with Crippen molar-refractivity contribution in [3.8, 4) is 5.75 Å². The largest absolute Gasteiger partial charge is 0.434 e. The molecule has 1 amide bonds. The first-order chi connectivity index (χ1) is 10.0. The lowest BCUT2D eigenvalue weighted by atomic mass is 10.0. The highest BCUT2D eigenvalue weighted by molar-refractivity contribution is 5.97. The summed E-state index contributed by atoms with van der Waals surface area (Å²) >= 11 is 0. The maximum atomic E-state index is 13.2. The number of hydrogen-bond acceptors (Lipinski definition) is 3. The van der Waals surface area contributed by atoms with Crippen LogP contribution in [0.4, 0.5) is 13.2 Å². The lowest BCUT2D eigenvalue weighted by molar-refractivity contribution is -0.0504. The van der Waals surface area contributed by atoms with Crippen LogP contribution >= 0.6 is 12.4 Å². The molecular formula is C14H18ClF3N2O2. The van der Waals surface area contributed by atoms with Gasteiger partial charge in [0.1, 0.15) is 11.6 Å². The van der Waals surface area contributed by atoms with Gasteiger partial charge in [0.05, 0.1) is 5.56 Å². The van der Waals surface area contributed by atoms with Gasteiger partial charge in [0, 0.05) is 25.2 Å². The van der Waals surface area contributed by atoms with E-state index in [2.05, 4.69) is 10.1 Å². The summed E-state index contributed by atoms with van der Waals surface area (Å²) in [6.45, 7) is -2.08. The minimum atomic E-state index is -3.11. The normalized spacial score (nSPS) is 18.0. The Labute approximate surface area is 133 Å². The molecule has 2 rings (SSSR count). The van der Waals surface area contributed by atoms with Crippen molar-refractivity contribution in [2.24, 2.45) is 0 Å². The van der Waals surface area contributed by atoms with Crippen molar-refractivity contribution in [1.82, 2.24) is 10.2 Å². The molecule has 0 saturated carbocycles. The van der Waals surface area contributed by atoms with Gasteiger partial charge in [-0.1, -0.05) is 0 Å². The zero-order valence-corrected chi connectivity index (χ0v) is 12.8. The fraction of sp³-hybridized carbons (Fsp3) is 0.500. The standard InChI is InChI=1S/C14H17F3N2O2.ClH/c1-18-10-3-2-6-19(8-10)13(20)11-5-4-9(15)7-12(11)21-14(16)17;/h4-5,7,10,14,18H,2-3,6,8H2,1H3;1H. The molecule has 1 N–H and O–H groups in total. The number of carbonyl (C=O) groups excluding carboxylic acids is 1. The molecule has 1 aliphatic rings. The number of nitrogens with zero attached hydrogens (tertiary/aromatic N) is 1. The number of alkyl halides is 2. The Hall–Kier alpha value is -1.47. The number of benzene rings is 1. The van der Waals surface area contributed by atoms with E-state index in [9.17, 15) is 18.0 Å². The molecule has 1 aliphatic heterocycles. The first-order valence-electron chi connectivity index (χ1n) is 6.72. The Balaban J connectivity index is 0.00000242. The van der Waals surface area contributed by atoms with Crippen LogP contribution < -0.4 is 10.1 Å². The van der Waals surface area contributed by atoms with Gasteiger partial charge < -0.3 is 15.0 Å². The topological polar surface area (TPSA) is 41.6 Å². The zero-order chi connectivity index (χ0) is 15.4. The summed E-state index contributed by atoms with van der Waals surface area (Å²) in [7, 11) is 1.81. The monoisotopic (exact) mass is 338 g/mol. The number of likely N-dealkylation sites (tertiary alicyclic amines) is 1. The number of nitrogens with one attached hydrogen (secondary N) is 1. The average molecular weight is 339 g/mol. The zero-order valence-electron chi connectivity index (χ0n) is 12.0. The first-order valence-corrected chi connectivity index (χ1v) is 6.72. The summed E-state index contributed by atoms with van der Waals surface area (Å²) in [6.07, 6.45) is 1.77. The third-order valence-corrected chi connectivity index (χ3v) is 3.51. The maximum Gasteiger partial charge on any atom is 0.387 e. The van der Waals surface area contributed by atoms with E-state index in [1.54, 1.807) is 4.90 Å². The van der Waals surface area contributed by atoms with Crippen molar-refractivity contribution < 1.29 is 22.7 Å². The molecule has 8 heteroatoms. The Bertz CT molecular complexity index is 517. The molecule has 0 aromatic heterocycles. The van der Waals surface area contributed by atoms with Crippen LogP contribution in [0.3, 0.4) is 0 Å². The molecule has 0 spiro atoms. The Morgan fingerprint density at radius 1 is 1.45 bits per heavy atom. The second-order valence-corrected chi connectivity index (χ2v) is 4.90. The molecule has 4 nitrogen and oxygen atoms in total. The fourth-order valence-electron chi connectivity index (χ4n) is 2.43. The van der Waals surface area contributed by atoms with Gasteiger partial charge in [0.15, 0.2) is 0 Å². The number of likely N-dealkylation sites (N-methyl/N-ethyl adjacent to an activating group) is 1. The number of halogens is 4. The van der Waals surface area contributed by atoms with Gasteiger partial charge in [0.2, 0.25) is 0 Å². The van der Waals surface area contributed by atoms with Gasteiger partial charge >= 0.3 is 6.61 Å². The molecule has 1 heterocycles. The maximum absolute atomic E-state index is 13.2. The van der Waals surface area contributed by atoms with Crippen LogP contribution in [0.5, 0.6) is 5.75 Å². The van der Waals surface area contributed by atoms with Crippen molar-refractivity contribution in [2.75, 3.05) is 20.1 Å². The quantitative estimate of drug-likeness (QED) is 0.917. The Morgan fingerprint density at radius 3 is 2.82 bits per heavy atom. The molecule has 1 aromatic rings. The Kier molecular flexibility index (Phi) is 6.96. The van der Waals surface area contributed by atoms with E-state index < -0.39 is 24.1 Å². The number of ether oxygens (including phenoxy) is 1. The second-order valence-electron chi connectivity index (χ2n) is 4.90. The van der Waals surface area contributed by atoms with Gasteiger partial charge in [-0.25, -0.2) is 4.39 Å². The van der Waals surface area contributed by atoms with Crippen molar-refractivity contribution in [2.45, 2.75) is 25.5 Å². The lowest BCUT2D eigenvalue weighted by Gasteiger charge is -2.32. The van der Waals surface area contributed by atoms with Crippen LogP contribution in [-0.4, -0.2) is 43.6 Å². The summed E-state index contributed by atoms with van der Waals surface area (Å²) < 4.78 is 42.2. The molecule has 22 heavy (non-hydrogen) atoms. The van der Waals surface area contributed by atoms with Crippen molar-refractivity contribution in [3.63, 3.8) is 0 Å². The highest BCUT2D eigenvalue weighted by Crippen LogP contribution is 2.25. The van der Waals surface area contributed by atoms with Crippen LogP contribution in [0.25, 0.3) is 0 Å². The van der Waals surface area contributed by atoms with Gasteiger partial charge in [-0.15, -0.1) is 12.4 Å². The van der Waals surface area contributed by atoms with Gasteiger partial charge in [-0.3, -0.25) is 4.79 Å². The van der Waals surface area contributed by atoms with Gasteiger partial charge in [0.25, 0.3) is 5.91 Å². The summed E-state index contributed by atoms with van der Waals surface area (Å²) in [5.74, 6) is -1.58. The van der Waals surface area contributed by atoms with Crippen LogP contribution in [0, 0.1) is 5.82 Å². The molecule has 124 valence electrons. The molecule has 1 unspecified atom stereocenters. The van der Waals surface area contributed by atoms with Gasteiger partial charge in [-0.05, 0) is 32.0 Å². The van der Waals surface area contributed by atoms with E-state index in [0.717, 1.165) is 25.0 Å². The highest BCUT2D eigenvalue weighted by Gasteiger charge is 2.26. The molecule has 0 bridgehead atoms. The smallest absolute Gasteiger partial charge is 0.387 e. The van der Waals surface area contributed by atoms with Crippen molar-refractivity contribution in [1.29, 1.82) is 0 Å². The summed E-state index contributed by atoms with van der Waals surface area (Å²) in [4.78, 5) is 14.0. The van der Waals surface area contributed by atoms with Gasteiger partial charge in [-0.2, -0.15) is 8.78 Å². The van der Waals surface area contributed by atoms with Crippen LogP contribution in [-0.2, 0) is 0 Å². The summed E-state index contributed by atoms with van der Waals surface area (Å²) in [6, 6.07) is 3.21. The SMILES string of the molecule is CNC1CCCN(C(=O)c2ccc(F)cc2OC(F)F)C1.Cl. The Morgan fingerprint density at radius 2 is 2.18 bits per heavy atom. The third-order valence-electron chi connectivity index (χ3n) is 3.51. The van der Waals surface area contributed by atoms with E-state index in [-0.39, 0.29) is 24.0 Å². The predicted molar refractivity (Wildman–Crippen MR) is 78.3 cm³/mol. The molecule has 1 fully saturated rings. The fourth-order valence-corrected chi connectivity index (χ4v) is 2.43. The molecule has 1 atom stereocenters. The average Bonchev–Trinajstić information content (AvgIpc) is 2.46. The van der Waals surface area contributed by atoms with E-state index in [0.29, 0.717) is 13.1 Å². The minimum absolute atomic E-state index is 0. The van der Waals surface area contributed by atoms with E-state index in [1.165, 1.54) is 6.07 Å². The van der Waals surface area contributed by atoms with Crippen molar-refractivity contribution >= 4 is 18.3 Å². The number of amides is 1. The van der Waals surface area contributed by atoms with E-state index >= 15 is 0 Å². The first kappa shape index (κ1) is 18.6. The van der Waals surface area contributed by atoms with Crippen LogP contribution in [0.2, 0.25) is 0 Å². The third kappa shape index (κ3) is 4.51. The number of rotatable bonds is 4. The van der Waals surface area contributed by atoms with Crippen molar-refractivity contribution in [3.05, 3.63) is 29.6 Å². The minimum Gasteiger partial charge on any atom is -0.434 e. The highest BCUT2D eigenvalue weighted by atomic mass is 35.5. The number of carbonyl (C=O) groups is 1. The molecule has 0 radical (unpaired) electrons. The van der Waals surface area contributed by atoms with Crippen LogP contribution in [0.1, 0.15) is 23.2 Å². The van der Waals surface area contributed by atoms with E-state index in [1.807, 2.05) is 7.05 Å². The molecule has 1 aromatic carbocycles. The summed E-state index contributed by atoms with van der Waals surface area (Å²) in [5, 5.41) is 3.09. The predicted octanol–water partition coefficient (Wildman–Crippen LogP) is 2.67. The second kappa shape index (κ2) is 8.24. The molecule has 1 saturated heterocycles. The van der Waals surface area contributed by atoms with Crippen LogP contribution in [0.15, 0.2) is 18.2 Å².